The van der Waals surface area contributed by atoms with Crippen molar-refractivity contribution in [2.45, 2.75) is 32.5 Å². The van der Waals surface area contributed by atoms with Crippen molar-refractivity contribution >= 4 is 5.69 Å². The molecule has 2 rings (SSSR count). The maximum Gasteiger partial charge on any atom is 0.142 e. The number of ether oxygens (including phenoxy) is 2. The van der Waals surface area contributed by atoms with E-state index in [2.05, 4.69) is 0 Å². The highest BCUT2D eigenvalue weighted by Crippen LogP contribution is 2.32. The van der Waals surface area contributed by atoms with Gasteiger partial charge in [0.05, 0.1) is 30.5 Å². The Kier molecular flexibility index (Phi) is 4.50. The summed E-state index contributed by atoms with van der Waals surface area (Å²) in [5, 5.41) is 10.1. The van der Waals surface area contributed by atoms with Crippen molar-refractivity contribution in [1.82, 2.24) is 0 Å². The molecule has 0 saturated carbocycles. The van der Waals surface area contributed by atoms with Crippen molar-refractivity contribution in [3.05, 3.63) is 24.0 Å². The summed E-state index contributed by atoms with van der Waals surface area (Å²) < 4.78 is 24.4. The maximum absolute atomic E-state index is 13.3. The fourth-order valence-electron chi connectivity index (χ4n) is 2.09. The van der Waals surface area contributed by atoms with E-state index in [4.69, 9.17) is 9.47 Å². The van der Waals surface area contributed by atoms with E-state index in [0.29, 0.717) is 31.1 Å². The van der Waals surface area contributed by atoms with E-state index in [1.54, 1.807) is 6.07 Å². The molecule has 0 aromatic heterocycles. The van der Waals surface area contributed by atoms with Crippen LogP contribution in [0.15, 0.2) is 18.2 Å². The molecule has 20 heavy (non-hydrogen) atoms. The van der Waals surface area contributed by atoms with Crippen LogP contribution < -0.4 is 9.64 Å². The zero-order valence-electron chi connectivity index (χ0n) is 12.2. The average Bonchev–Trinajstić information content (AvgIpc) is 2.36. The first kappa shape index (κ1) is 15.1. The fourth-order valence-corrected chi connectivity index (χ4v) is 2.09. The lowest BCUT2D eigenvalue weighted by Crippen LogP contribution is -2.41. The first-order chi connectivity index (χ1) is 9.35. The standard InChI is InChI=1S/C15H22FNO3/c1-15(2,3)20-10-12(18)9-17-6-7-19-14-5-4-11(16)8-13(14)17/h4-5,8,12,18H,6-7,9-10H2,1-3H3. The summed E-state index contributed by atoms with van der Waals surface area (Å²) >= 11 is 0. The molecule has 1 unspecified atom stereocenters. The first-order valence-electron chi connectivity index (χ1n) is 6.84. The van der Waals surface area contributed by atoms with Crippen molar-refractivity contribution in [1.29, 1.82) is 0 Å². The molecule has 5 heteroatoms. The van der Waals surface area contributed by atoms with Crippen molar-refractivity contribution in [2.75, 3.05) is 31.2 Å². The minimum atomic E-state index is -0.622. The van der Waals surface area contributed by atoms with Crippen LogP contribution in [0.25, 0.3) is 0 Å². The SMILES string of the molecule is CC(C)(C)OCC(O)CN1CCOc2ccc(F)cc21. The number of β-amino-alcohol motifs (C(OH)–C–C–N with tert-alkyl or cyclic N) is 1. The molecule has 1 N–H and O–H groups in total. The maximum atomic E-state index is 13.3. The number of nitrogens with zero attached hydrogens (tertiary/aromatic N) is 1. The van der Waals surface area contributed by atoms with Gasteiger partial charge in [0.2, 0.25) is 0 Å². The highest BCUT2D eigenvalue weighted by atomic mass is 19.1. The van der Waals surface area contributed by atoms with E-state index in [9.17, 15) is 9.50 Å². The van der Waals surface area contributed by atoms with Gasteiger partial charge in [-0.15, -0.1) is 0 Å². The summed E-state index contributed by atoms with van der Waals surface area (Å²) in [4.78, 5) is 1.93. The van der Waals surface area contributed by atoms with Crippen LogP contribution in [0.1, 0.15) is 20.8 Å². The molecule has 1 aliphatic heterocycles. The van der Waals surface area contributed by atoms with Gasteiger partial charge in [0.25, 0.3) is 0 Å². The minimum absolute atomic E-state index is 0.255. The smallest absolute Gasteiger partial charge is 0.142 e. The Morgan fingerprint density at radius 1 is 1.45 bits per heavy atom. The monoisotopic (exact) mass is 283 g/mol. The van der Waals surface area contributed by atoms with Gasteiger partial charge in [0.15, 0.2) is 0 Å². The Hall–Kier alpha value is -1.33. The molecule has 0 amide bonds. The normalized spacial score (nSPS) is 16.6. The van der Waals surface area contributed by atoms with Gasteiger partial charge in [-0.2, -0.15) is 0 Å². The molecule has 0 saturated heterocycles. The molecule has 112 valence electrons. The fraction of sp³-hybridized carbons (Fsp3) is 0.600. The summed E-state index contributed by atoms with van der Waals surface area (Å²) in [5.41, 5.74) is 0.404. The van der Waals surface area contributed by atoms with Gasteiger partial charge in [-0.3, -0.25) is 0 Å². The third-order valence-electron chi connectivity index (χ3n) is 3.02. The van der Waals surface area contributed by atoms with Gasteiger partial charge in [-0.25, -0.2) is 4.39 Å². The number of aliphatic hydroxyl groups excluding tert-OH is 1. The summed E-state index contributed by atoms with van der Waals surface area (Å²) in [7, 11) is 0. The van der Waals surface area contributed by atoms with Crippen LogP contribution in [0.2, 0.25) is 0 Å². The summed E-state index contributed by atoms with van der Waals surface area (Å²) in [6.45, 7) is 7.65. The van der Waals surface area contributed by atoms with Crippen LogP contribution in [-0.4, -0.2) is 43.1 Å². The van der Waals surface area contributed by atoms with Crippen LogP contribution in [0.4, 0.5) is 10.1 Å². The van der Waals surface area contributed by atoms with Gasteiger partial charge >= 0.3 is 0 Å². The molecule has 1 heterocycles. The molecule has 0 aliphatic carbocycles. The van der Waals surface area contributed by atoms with Gasteiger partial charge in [0.1, 0.15) is 18.2 Å². The van der Waals surface area contributed by atoms with Gasteiger partial charge in [-0.05, 0) is 32.9 Å². The quantitative estimate of drug-likeness (QED) is 0.920. The third-order valence-corrected chi connectivity index (χ3v) is 3.02. The average molecular weight is 283 g/mol. The lowest BCUT2D eigenvalue weighted by atomic mass is 10.2. The topological polar surface area (TPSA) is 41.9 Å². The molecule has 1 aliphatic rings. The second kappa shape index (κ2) is 5.97. The Balaban J connectivity index is 1.99. The molecule has 1 aromatic carbocycles. The van der Waals surface area contributed by atoms with Crippen molar-refractivity contribution in [3.8, 4) is 5.75 Å². The van der Waals surface area contributed by atoms with E-state index in [1.165, 1.54) is 12.1 Å². The predicted octanol–water partition coefficient (Wildman–Crippen LogP) is 2.20. The van der Waals surface area contributed by atoms with Crippen LogP contribution in [-0.2, 0) is 4.74 Å². The van der Waals surface area contributed by atoms with Crippen molar-refractivity contribution in [2.24, 2.45) is 0 Å². The lowest BCUT2D eigenvalue weighted by molar-refractivity contribution is -0.0465. The highest BCUT2D eigenvalue weighted by Gasteiger charge is 2.22. The highest BCUT2D eigenvalue weighted by molar-refractivity contribution is 5.60. The van der Waals surface area contributed by atoms with Gasteiger partial charge in [-0.1, -0.05) is 0 Å². The second-order valence-electron chi connectivity index (χ2n) is 5.98. The molecule has 4 nitrogen and oxygen atoms in total. The largest absolute Gasteiger partial charge is 0.490 e. The molecule has 1 aromatic rings. The zero-order valence-corrected chi connectivity index (χ0v) is 12.2. The predicted molar refractivity (Wildman–Crippen MR) is 75.8 cm³/mol. The minimum Gasteiger partial charge on any atom is -0.490 e. The first-order valence-corrected chi connectivity index (χ1v) is 6.84. The lowest BCUT2D eigenvalue weighted by Gasteiger charge is -2.33. The Labute approximate surface area is 119 Å². The number of aliphatic hydroxyl groups is 1. The summed E-state index contributed by atoms with van der Waals surface area (Å²) in [6, 6.07) is 4.43. The third kappa shape index (κ3) is 4.08. The van der Waals surface area contributed by atoms with Gasteiger partial charge in [0, 0.05) is 12.6 Å². The van der Waals surface area contributed by atoms with Crippen LogP contribution >= 0.6 is 0 Å². The number of fused-ring (bicyclic) bond motifs is 1. The van der Waals surface area contributed by atoms with E-state index < -0.39 is 6.10 Å². The Morgan fingerprint density at radius 3 is 2.90 bits per heavy atom. The molecule has 0 bridgehead atoms. The van der Waals surface area contributed by atoms with E-state index in [-0.39, 0.29) is 18.0 Å². The van der Waals surface area contributed by atoms with E-state index in [1.807, 2.05) is 25.7 Å². The zero-order chi connectivity index (χ0) is 14.8. The number of hydrogen-bond acceptors (Lipinski definition) is 4. The Morgan fingerprint density at radius 2 is 2.20 bits per heavy atom. The molecule has 1 atom stereocenters. The van der Waals surface area contributed by atoms with Crippen LogP contribution in [0, 0.1) is 5.82 Å². The van der Waals surface area contributed by atoms with E-state index in [0.717, 1.165) is 0 Å². The molecular formula is C15H22FNO3. The van der Waals surface area contributed by atoms with Gasteiger partial charge < -0.3 is 19.5 Å². The number of halogens is 1. The van der Waals surface area contributed by atoms with Crippen molar-refractivity contribution < 1.29 is 19.0 Å². The number of hydrogen-bond donors (Lipinski definition) is 1. The van der Waals surface area contributed by atoms with E-state index >= 15 is 0 Å². The number of benzene rings is 1. The molecule has 0 spiro atoms. The second-order valence-corrected chi connectivity index (χ2v) is 5.98. The molecule has 0 radical (unpaired) electrons. The van der Waals surface area contributed by atoms with Crippen molar-refractivity contribution in [3.63, 3.8) is 0 Å². The Bertz CT molecular complexity index is 459. The molecular weight excluding hydrogens is 261 g/mol. The summed E-state index contributed by atoms with van der Waals surface area (Å²) in [5.74, 6) is 0.348. The number of rotatable bonds is 4. The summed E-state index contributed by atoms with van der Waals surface area (Å²) in [6.07, 6.45) is -0.622. The number of anilines is 1. The van der Waals surface area contributed by atoms with Crippen LogP contribution in [0.3, 0.4) is 0 Å². The van der Waals surface area contributed by atoms with Crippen LogP contribution in [0.5, 0.6) is 5.75 Å². The molecule has 0 fully saturated rings.